The van der Waals surface area contributed by atoms with E-state index in [2.05, 4.69) is 26.9 Å². The van der Waals surface area contributed by atoms with Gasteiger partial charge in [-0.05, 0) is 38.0 Å². The van der Waals surface area contributed by atoms with Gasteiger partial charge in [0.1, 0.15) is 6.07 Å². The minimum atomic E-state index is -0.134. The topological polar surface area (TPSA) is 53.3 Å². The minimum Gasteiger partial charge on any atom is -0.466 e. The van der Waals surface area contributed by atoms with Crippen molar-refractivity contribution in [3.63, 3.8) is 0 Å². The summed E-state index contributed by atoms with van der Waals surface area (Å²) in [5.41, 5.74) is 1.52. The first-order valence-corrected chi connectivity index (χ1v) is 7.56. The summed E-state index contributed by atoms with van der Waals surface area (Å²) < 4.78 is 6.04. The highest BCUT2D eigenvalue weighted by molar-refractivity contribution is 9.10. The summed E-state index contributed by atoms with van der Waals surface area (Å²) in [5, 5.41) is 9.22. The molecule has 0 spiro atoms. The molecule has 2 rings (SSSR count). The highest BCUT2D eigenvalue weighted by atomic mass is 79.9. The molecule has 1 aromatic rings. The summed E-state index contributed by atoms with van der Waals surface area (Å²) in [5.74, 6) is -0.236. The number of nitriles is 1. The SMILES string of the molecule is CCOC(=O)C1CCCN(c2cc(Br)ccc2C#N)C1. The largest absolute Gasteiger partial charge is 0.466 e. The van der Waals surface area contributed by atoms with E-state index in [1.54, 1.807) is 6.07 Å². The van der Waals surface area contributed by atoms with Crippen LogP contribution in [0.3, 0.4) is 0 Å². The number of carbonyl (C=O) groups is 1. The first-order chi connectivity index (χ1) is 9.65. The van der Waals surface area contributed by atoms with Gasteiger partial charge in [-0.2, -0.15) is 5.26 Å². The maximum Gasteiger partial charge on any atom is 0.310 e. The average Bonchev–Trinajstić information content (AvgIpc) is 2.47. The van der Waals surface area contributed by atoms with Gasteiger partial charge >= 0.3 is 5.97 Å². The summed E-state index contributed by atoms with van der Waals surface area (Å²) in [4.78, 5) is 14.0. The van der Waals surface area contributed by atoms with Crippen LogP contribution < -0.4 is 4.90 Å². The molecule has 0 amide bonds. The van der Waals surface area contributed by atoms with E-state index in [0.29, 0.717) is 18.7 Å². The fourth-order valence-corrected chi connectivity index (χ4v) is 2.86. The molecule has 1 aliphatic heterocycles. The van der Waals surface area contributed by atoms with Crippen molar-refractivity contribution in [1.29, 1.82) is 5.26 Å². The van der Waals surface area contributed by atoms with Gasteiger partial charge in [0.15, 0.2) is 0 Å². The van der Waals surface area contributed by atoms with E-state index in [9.17, 15) is 10.1 Å². The van der Waals surface area contributed by atoms with Crippen molar-refractivity contribution in [3.8, 4) is 6.07 Å². The lowest BCUT2D eigenvalue weighted by molar-refractivity contribution is -0.148. The molecule has 1 atom stereocenters. The fourth-order valence-electron chi connectivity index (χ4n) is 2.51. The molecular formula is C15H17BrN2O2. The molecule has 1 heterocycles. The van der Waals surface area contributed by atoms with E-state index < -0.39 is 0 Å². The normalized spacial score (nSPS) is 18.4. The van der Waals surface area contributed by atoms with Gasteiger partial charge in [0, 0.05) is 17.6 Å². The van der Waals surface area contributed by atoms with Crippen LogP contribution in [0.25, 0.3) is 0 Å². The number of carbonyl (C=O) groups excluding carboxylic acids is 1. The van der Waals surface area contributed by atoms with Crippen molar-refractivity contribution in [1.82, 2.24) is 0 Å². The van der Waals surface area contributed by atoms with Gasteiger partial charge in [-0.3, -0.25) is 4.79 Å². The number of esters is 1. The molecule has 1 aromatic carbocycles. The van der Waals surface area contributed by atoms with E-state index in [0.717, 1.165) is 29.5 Å². The predicted molar refractivity (Wildman–Crippen MR) is 80.4 cm³/mol. The Labute approximate surface area is 127 Å². The molecular weight excluding hydrogens is 320 g/mol. The van der Waals surface area contributed by atoms with Gasteiger partial charge in [-0.15, -0.1) is 0 Å². The number of benzene rings is 1. The second-order valence-electron chi connectivity index (χ2n) is 4.81. The van der Waals surface area contributed by atoms with Crippen LogP contribution in [0.5, 0.6) is 0 Å². The molecule has 1 saturated heterocycles. The van der Waals surface area contributed by atoms with Crippen LogP contribution in [-0.4, -0.2) is 25.7 Å². The fraction of sp³-hybridized carbons (Fsp3) is 0.467. The number of hydrogen-bond acceptors (Lipinski definition) is 4. The number of nitrogens with zero attached hydrogens (tertiary/aromatic N) is 2. The lowest BCUT2D eigenvalue weighted by Gasteiger charge is -2.33. The Morgan fingerprint density at radius 2 is 2.40 bits per heavy atom. The minimum absolute atomic E-state index is 0.103. The van der Waals surface area contributed by atoms with E-state index >= 15 is 0 Å². The number of hydrogen-bond donors (Lipinski definition) is 0. The Morgan fingerprint density at radius 1 is 1.60 bits per heavy atom. The van der Waals surface area contributed by atoms with E-state index in [1.807, 2.05) is 19.1 Å². The van der Waals surface area contributed by atoms with Crippen molar-refractivity contribution >= 4 is 27.6 Å². The van der Waals surface area contributed by atoms with Crippen molar-refractivity contribution in [2.45, 2.75) is 19.8 Å². The Bertz CT molecular complexity index is 539. The molecule has 0 aliphatic carbocycles. The second kappa shape index (κ2) is 6.76. The number of anilines is 1. The summed E-state index contributed by atoms with van der Waals surface area (Å²) in [6, 6.07) is 7.80. The van der Waals surface area contributed by atoms with Crippen LogP contribution in [0.1, 0.15) is 25.3 Å². The molecule has 4 nitrogen and oxygen atoms in total. The first kappa shape index (κ1) is 14.9. The number of halogens is 1. The van der Waals surface area contributed by atoms with Crippen LogP contribution in [0, 0.1) is 17.2 Å². The summed E-state index contributed by atoms with van der Waals surface area (Å²) in [6.07, 6.45) is 1.78. The zero-order chi connectivity index (χ0) is 14.5. The van der Waals surface area contributed by atoms with Gasteiger partial charge in [0.25, 0.3) is 0 Å². The molecule has 0 aromatic heterocycles. The lowest BCUT2D eigenvalue weighted by atomic mass is 9.97. The highest BCUT2D eigenvalue weighted by Crippen LogP contribution is 2.29. The van der Waals surface area contributed by atoms with Crippen LogP contribution in [-0.2, 0) is 9.53 Å². The maximum absolute atomic E-state index is 11.9. The van der Waals surface area contributed by atoms with E-state index in [-0.39, 0.29) is 11.9 Å². The van der Waals surface area contributed by atoms with Gasteiger partial charge in [0.05, 0.1) is 23.8 Å². The highest BCUT2D eigenvalue weighted by Gasteiger charge is 2.28. The quantitative estimate of drug-likeness (QED) is 0.796. The Kier molecular flexibility index (Phi) is 5.02. The number of ether oxygens (including phenoxy) is 1. The van der Waals surface area contributed by atoms with Crippen LogP contribution >= 0.6 is 15.9 Å². The molecule has 1 unspecified atom stereocenters. The molecule has 106 valence electrons. The molecule has 5 heteroatoms. The maximum atomic E-state index is 11.9. The zero-order valence-electron chi connectivity index (χ0n) is 11.4. The van der Waals surface area contributed by atoms with Crippen LogP contribution in [0.2, 0.25) is 0 Å². The third-order valence-corrected chi connectivity index (χ3v) is 3.96. The van der Waals surface area contributed by atoms with Gasteiger partial charge in [-0.1, -0.05) is 15.9 Å². The summed E-state index contributed by atoms with van der Waals surface area (Å²) >= 11 is 3.43. The van der Waals surface area contributed by atoms with Crippen molar-refractivity contribution < 1.29 is 9.53 Å². The van der Waals surface area contributed by atoms with Gasteiger partial charge < -0.3 is 9.64 Å². The van der Waals surface area contributed by atoms with Crippen LogP contribution in [0.15, 0.2) is 22.7 Å². The first-order valence-electron chi connectivity index (χ1n) is 6.77. The Morgan fingerprint density at radius 3 is 3.10 bits per heavy atom. The van der Waals surface area contributed by atoms with Gasteiger partial charge in [-0.25, -0.2) is 0 Å². The molecule has 20 heavy (non-hydrogen) atoms. The smallest absolute Gasteiger partial charge is 0.310 e. The standard InChI is InChI=1S/C15H17BrN2O2/c1-2-20-15(19)12-4-3-7-18(10-12)14-8-13(16)6-5-11(14)9-17/h5-6,8,12H,2-4,7,10H2,1H3. The van der Waals surface area contributed by atoms with Crippen molar-refractivity contribution in [3.05, 3.63) is 28.2 Å². The van der Waals surface area contributed by atoms with Gasteiger partial charge in [0.2, 0.25) is 0 Å². The predicted octanol–water partition coefficient (Wildman–Crippen LogP) is 3.10. The molecule has 1 aliphatic rings. The summed E-state index contributed by atoms with van der Waals surface area (Å²) in [6.45, 7) is 3.71. The molecule has 0 bridgehead atoms. The molecule has 0 saturated carbocycles. The number of piperidine rings is 1. The second-order valence-corrected chi connectivity index (χ2v) is 5.73. The van der Waals surface area contributed by atoms with Crippen molar-refractivity contribution in [2.24, 2.45) is 5.92 Å². The monoisotopic (exact) mass is 336 g/mol. The van der Waals surface area contributed by atoms with E-state index in [4.69, 9.17) is 4.74 Å². The third kappa shape index (κ3) is 3.31. The molecule has 0 N–H and O–H groups in total. The Balaban J connectivity index is 2.19. The van der Waals surface area contributed by atoms with Crippen molar-refractivity contribution in [2.75, 3.05) is 24.6 Å². The van der Waals surface area contributed by atoms with Crippen LogP contribution in [0.4, 0.5) is 5.69 Å². The summed E-state index contributed by atoms with van der Waals surface area (Å²) in [7, 11) is 0. The lowest BCUT2D eigenvalue weighted by Crippen LogP contribution is -2.39. The number of rotatable bonds is 3. The average molecular weight is 337 g/mol. The third-order valence-electron chi connectivity index (χ3n) is 3.46. The molecule has 1 fully saturated rings. The molecule has 0 radical (unpaired) electrons. The zero-order valence-corrected chi connectivity index (χ0v) is 13.0. The Hall–Kier alpha value is -1.54. The van der Waals surface area contributed by atoms with E-state index in [1.165, 1.54) is 0 Å².